The van der Waals surface area contributed by atoms with E-state index in [9.17, 15) is 87.5 Å². The third-order valence-electron chi connectivity index (χ3n) is 23.7. The van der Waals surface area contributed by atoms with Crippen molar-refractivity contribution in [2.24, 2.45) is 40.1 Å². The van der Waals surface area contributed by atoms with Crippen LogP contribution in [0.4, 0.5) is 15.3 Å². The summed E-state index contributed by atoms with van der Waals surface area (Å²) in [6, 6.07) is -3.60. The van der Waals surface area contributed by atoms with Gasteiger partial charge in [-0.25, -0.2) is 9.59 Å². The van der Waals surface area contributed by atoms with Crippen molar-refractivity contribution in [2.75, 3.05) is 180 Å². The molecule has 0 aliphatic carbocycles. The number of primary amides is 2. The lowest BCUT2D eigenvalue weighted by Gasteiger charge is -2.33. The summed E-state index contributed by atoms with van der Waals surface area (Å²) in [5.74, 6) is -12.0. The molecule has 145 heavy (non-hydrogen) atoms. The Labute approximate surface area is 860 Å². The Morgan fingerprint density at radius 1 is 0.703 bits per heavy atom. The second-order valence-electron chi connectivity index (χ2n) is 35.7. The molecule has 3 aliphatic heterocycles. The van der Waals surface area contributed by atoms with Gasteiger partial charge in [0.1, 0.15) is 65.7 Å². The van der Waals surface area contributed by atoms with E-state index in [-0.39, 0.29) is 121 Å². The van der Waals surface area contributed by atoms with Gasteiger partial charge in [-0.2, -0.15) is 23.5 Å². The summed E-state index contributed by atoms with van der Waals surface area (Å²) in [6.07, 6.45) is 3.00. The number of unbranched alkanes of at least 4 members (excludes halogenated alkanes) is 1. The van der Waals surface area contributed by atoms with Crippen LogP contribution in [-0.2, 0) is 130 Å². The highest BCUT2D eigenvalue weighted by Crippen LogP contribution is 2.37. The van der Waals surface area contributed by atoms with Crippen LogP contribution in [0.5, 0.6) is 5.75 Å². The van der Waals surface area contributed by atoms with E-state index in [4.69, 9.17) is 59.9 Å². The third-order valence-corrected chi connectivity index (χ3v) is 28.4. The topological polar surface area (TPSA) is 686 Å². The van der Waals surface area contributed by atoms with Crippen molar-refractivity contribution in [3.8, 4) is 5.75 Å². The van der Waals surface area contributed by atoms with Crippen LogP contribution in [-0.4, -0.2) is 363 Å². The SMILES string of the molecule is CCCCC(C)(CC)SC/C(CSC)=N/OCC(=O)N[C@@H](CC(C)C)C(=O)N[C@@H](CCCNC(N)=O)C(=O)Nc1ccc(COC(=O)NC/C(N)=C/NCCOCCOCCOCCOCCOCCOCCOCCSCc2c(O)ccc3c4c([nH]c23)S(=O)C[C@H]2NC(=O)CNC(=O)[C@H]([C@@H](C)CC)NC(=O)CNC(=O)[C@H](C4)NC(=O)[C@H]([C@@H](C)[C@@H](O)CO)NC(=O)[C@@H]3C[C@@H](O)CN3C(=O)[C@H](CCC(N)=O)NC2=O)cc1. The Bertz CT molecular complexity index is 4720. The van der Waals surface area contributed by atoms with E-state index < -0.39 is 230 Å². The van der Waals surface area contributed by atoms with Crippen LogP contribution in [0.1, 0.15) is 143 Å². The molecule has 0 saturated carbocycles. The number of benzene rings is 2. The molecule has 24 N–H and O–H groups in total. The smallest absolute Gasteiger partial charge is 0.407 e. The second kappa shape index (κ2) is 67.4. The van der Waals surface area contributed by atoms with Crippen LogP contribution in [0.15, 0.2) is 58.5 Å². The quantitative estimate of drug-likeness (QED) is 0.0190. The van der Waals surface area contributed by atoms with E-state index in [1.54, 1.807) is 49.9 Å². The number of aromatic amines is 1. The minimum atomic E-state index is -2.49. The molecule has 4 heterocycles. The fraction of sp³-hybridized carbons (Fsp3) is 0.670. The zero-order valence-electron chi connectivity index (χ0n) is 84.2. The number of hydrogen-bond acceptors (Lipinski definition) is 34. The standard InChI is InChI=1S/C94H151N19O28S4/c1-10-13-24-94(8,12-3)144-54-63(53-142-9)112-141-52-79(121)104-70(42-57(4)5)85(124)106-68(15-14-25-99-92(97)130)84(123)103-62-18-16-60(17-19-62)51-140-93(131)102-46-61(95)45-98-26-27-133-28-29-134-30-31-135-32-33-136-34-35-137-36-37-138-38-39-139-40-41-143-55-67-74(116)22-20-65-66-44-71-83(122)100-48-78(120)109-80(58(6)11-2)88(127)101-47-77(119)105-72(56-145(132)90(66)111-82(65)67)86(125)107-69(21-23-76(96)118)91(129)113-49-64(115)43-73(113)87(126)110-81(89(128)108-71)59(7)75(117)50-114/h16-20,22,45,57-59,64,68-73,75,80-81,98,111,114-117H,10-15,21,23-44,46-56,95H2,1-9H3,(H2,96,118)(H,100,122)(H,101,127)(H,102,131)(H,103,123)(H,104,121)(H,105,119)(H,106,124)(H,107,125)(H,108,128)(H,109,120)(H,110,126)(H3,97,99,130)/b61-45-,112-63+/t58-,59-,64+,68-,69-,70-,71-,72+,73-,75-,80-,81-,94?,145?/m0/s1. The highest BCUT2D eigenvalue weighted by Gasteiger charge is 2.46. The molecule has 2 unspecified atom stereocenters. The van der Waals surface area contributed by atoms with Crippen molar-refractivity contribution in [2.45, 2.75) is 215 Å². The number of fused-ring (bicyclic) bond motifs is 5. The molecule has 3 aliphatic rings. The number of carbonyl (C=O) groups excluding carboxylic acids is 14. The van der Waals surface area contributed by atoms with Crippen molar-refractivity contribution in [3.63, 3.8) is 0 Å². The summed E-state index contributed by atoms with van der Waals surface area (Å²) in [5.41, 5.74) is 19.5. The number of amides is 15. The fourth-order valence-corrected chi connectivity index (χ4v) is 19.1. The molecule has 1 aromatic heterocycles. The Morgan fingerprint density at radius 2 is 1.34 bits per heavy atom. The minimum Gasteiger partial charge on any atom is -0.508 e. The lowest BCUT2D eigenvalue weighted by molar-refractivity contribution is -0.143. The zero-order chi connectivity index (χ0) is 106. The maximum Gasteiger partial charge on any atom is 0.407 e. The number of nitrogens with zero attached hydrogens (tertiary/aromatic N) is 2. The molecule has 1 fully saturated rings. The number of nitrogens with two attached hydrogens (primary N) is 3. The van der Waals surface area contributed by atoms with Crippen LogP contribution in [0.3, 0.4) is 0 Å². The van der Waals surface area contributed by atoms with Gasteiger partial charge in [0.25, 0.3) is 5.91 Å². The van der Waals surface area contributed by atoms with Crippen LogP contribution >= 0.6 is 35.3 Å². The Balaban J connectivity index is 0.872. The van der Waals surface area contributed by atoms with Gasteiger partial charge in [-0.05, 0) is 92.0 Å². The van der Waals surface area contributed by atoms with E-state index in [0.717, 1.165) is 36.3 Å². The Hall–Kier alpha value is -10.4. The maximum atomic E-state index is 15.4. The summed E-state index contributed by atoms with van der Waals surface area (Å²) < 4.78 is 60.3. The number of nitrogens with one attached hydrogen (secondary N) is 14. The number of thioether (sulfide) groups is 3. The number of aromatic nitrogens is 1. The van der Waals surface area contributed by atoms with Crippen molar-refractivity contribution < 1.29 is 134 Å². The van der Waals surface area contributed by atoms with E-state index in [0.29, 0.717) is 107 Å². The number of carbonyl (C=O) groups is 14. The van der Waals surface area contributed by atoms with Crippen molar-refractivity contribution in [3.05, 3.63) is 65.0 Å². The molecular weight excluding hydrogens is 1970 g/mol. The number of alkyl carbamates (subject to hydrolysis) is 1. The lowest BCUT2D eigenvalue weighted by Crippen LogP contribution is -2.62. The van der Waals surface area contributed by atoms with Gasteiger partial charge in [-0.15, -0.1) is 11.8 Å². The number of urea groups is 1. The predicted molar refractivity (Wildman–Crippen MR) is 545 cm³/mol. The van der Waals surface area contributed by atoms with E-state index in [1.807, 2.05) is 31.9 Å². The number of aromatic hydroxyl groups is 1. The number of ether oxygens (including phenoxy) is 8. The van der Waals surface area contributed by atoms with Crippen molar-refractivity contribution in [1.29, 1.82) is 0 Å². The lowest BCUT2D eigenvalue weighted by atomic mass is 9.93. The molecule has 51 heteroatoms. The molecule has 0 spiro atoms. The molecule has 1 saturated heterocycles. The summed E-state index contributed by atoms with van der Waals surface area (Å²) >= 11 is 4.77. The third kappa shape index (κ3) is 45.4. The maximum absolute atomic E-state index is 15.4. The van der Waals surface area contributed by atoms with Crippen molar-refractivity contribution >= 4 is 151 Å². The number of phenolic OH excluding ortho intramolecular Hbond substituents is 1. The van der Waals surface area contributed by atoms with Crippen LogP contribution in [0, 0.1) is 17.8 Å². The molecule has 3 aromatic rings. The minimum absolute atomic E-state index is 0.0145. The van der Waals surface area contributed by atoms with E-state index in [2.05, 4.69) is 100 Å². The molecule has 15 amide bonds. The Morgan fingerprint density at radius 3 is 1.94 bits per heavy atom. The number of phenols is 1. The fourth-order valence-electron chi connectivity index (χ4n) is 15.1. The number of H-pyrrole nitrogens is 1. The van der Waals surface area contributed by atoms with E-state index >= 15 is 4.21 Å². The molecule has 6 rings (SSSR count). The monoisotopic (exact) mass is 2120 g/mol. The van der Waals surface area contributed by atoms with Gasteiger partial charge in [-0.1, -0.05) is 91.9 Å². The van der Waals surface area contributed by atoms with Crippen molar-refractivity contribution in [1.82, 2.24) is 73.7 Å². The first-order valence-corrected chi connectivity index (χ1v) is 53.7. The average molecular weight is 2120 g/mol. The first kappa shape index (κ1) is 123. The van der Waals surface area contributed by atoms with Gasteiger partial charge in [0.05, 0.1) is 159 Å². The molecule has 47 nitrogen and oxygen atoms in total. The van der Waals surface area contributed by atoms with Crippen LogP contribution < -0.4 is 86.3 Å². The summed E-state index contributed by atoms with van der Waals surface area (Å²) in [4.78, 5) is 202. The largest absolute Gasteiger partial charge is 0.508 e. The van der Waals surface area contributed by atoms with Gasteiger partial charge in [0.15, 0.2) is 6.61 Å². The predicted octanol–water partition coefficient (Wildman–Crippen LogP) is -0.634. The average Bonchev–Trinajstić information content (AvgIpc) is 1.61. The summed E-state index contributed by atoms with van der Waals surface area (Å²) in [6.45, 7) is 16.3. The van der Waals surface area contributed by atoms with Crippen LogP contribution in [0.25, 0.3) is 10.9 Å². The number of aliphatic hydroxyl groups is 3. The number of hydrogen-bond donors (Lipinski definition) is 21. The number of rotatable bonds is 62. The normalized spacial score (nSPS) is 20.1. The molecular formula is C94H151N19O28S4. The number of anilines is 1. The molecule has 2 bridgehead atoms. The molecule has 814 valence electrons. The van der Waals surface area contributed by atoms with Gasteiger partial charge < -0.3 is 159 Å². The van der Waals surface area contributed by atoms with Gasteiger partial charge in [-0.3, -0.25) is 61.7 Å². The van der Waals surface area contributed by atoms with Gasteiger partial charge >= 0.3 is 12.1 Å². The second-order valence-corrected chi connectivity index (χ2v) is 40.6. The molecule has 14 atom stereocenters. The van der Waals surface area contributed by atoms with Crippen LogP contribution in [0.2, 0.25) is 0 Å². The summed E-state index contributed by atoms with van der Waals surface area (Å²) in [5, 5.41) is 82.1. The highest BCUT2D eigenvalue weighted by atomic mass is 32.2. The Kier molecular flexibility index (Phi) is 57.3. The summed E-state index contributed by atoms with van der Waals surface area (Å²) in [7, 11) is -2.49. The van der Waals surface area contributed by atoms with E-state index in [1.165, 1.54) is 37.0 Å². The van der Waals surface area contributed by atoms with Gasteiger partial charge in [0, 0.05) is 101 Å². The highest BCUT2D eigenvalue weighted by molar-refractivity contribution is 8.02. The number of aliphatic hydroxyl groups excluding tert-OH is 3. The first-order chi connectivity index (χ1) is 69.4. The first-order valence-electron chi connectivity index (χ1n) is 48.8. The zero-order valence-corrected chi connectivity index (χ0v) is 87.4. The molecule has 2 aromatic carbocycles. The molecule has 0 radical (unpaired) electrons. The number of oxime groups is 1. The van der Waals surface area contributed by atoms with Gasteiger partial charge in [0.2, 0.25) is 65.0 Å².